The van der Waals surface area contributed by atoms with E-state index in [2.05, 4.69) is 15.9 Å². The second-order valence-corrected chi connectivity index (χ2v) is 11.4. The molecular weight excluding hydrogens is 624 g/mol. The highest BCUT2D eigenvalue weighted by molar-refractivity contribution is 9.10. The van der Waals surface area contributed by atoms with Crippen LogP contribution in [0.1, 0.15) is 48.9 Å². The van der Waals surface area contributed by atoms with Crippen LogP contribution in [-0.4, -0.2) is 51.5 Å². The lowest BCUT2D eigenvalue weighted by atomic mass is 10.0. The molecule has 43 heavy (non-hydrogen) atoms. The minimum atomic E-state index is -1.17. The highest BCUT2D eigenvalue weighted by Crippen LogP contribution is 2.36. The Labute approximate surface area is 255 Å². The fourth-order valence-corrected chi connectivity index (χ4v) is 5.14. The van der Waals surface area contributed by atoms with Crippen molar-refractivity contribution < 1.29 is 38.1 Å². The van der Waals surface area contributed by atoms with Gasteiger partial charge in [0.05, 0.1) is 41.7 Å². The zero-order valence-corrected chi connectivity index (χ0v) is 25.5. The van der Waals surface area contributed by atoms with Crippen molar-refractivity contribution in [1.82, 2.24) is 9.55 Å². The van der Waals surface area contributed by atoms with Gasteiger partial charge in [0.15, 0.2) is 6.29 Å². The standard InChI is InChI=1S/C31H31BrN2O9/c1-4-24(32)30(37)43-31(38)41-15-22-17(2)12-26-28-21(13-34(26)29(22)36)23(20-9-5-6-10-25(20)33-28)16-40-27-11-7-8-19(42-27)14-39-18(3)35/h5-7,9-12,19,24,27H,4,8,13-16H2,1-3H3. The number of fused-ring (bicyclic) bond motifs is 4. The van der Waals surface area contributed by atoms with Gasteiger partial charge in [-0.3, -0.25) is 14.4 Å². The van der Waals surface area contributed by atoms with Crippen molar-refractivity contribution in [2.45, 2.75) is 70.6 Å². The average molecular weight is 655 g/mol. The second-order valence-electron chi connectivity index (χ2n) is 10.3. The number of carbonyl (C=O) groups is 3. The molecule has 0 fully saturated rings. The second kappa shape index (κ2) is 13.2. The number of benzene rings is 1. The van der Waals surface area contributed by atoms with Crippen LogP contribution >= 0.6 is 15.9 Å². The van der Waals surface area contributed by atoms with Gasteiger partial charge in [0.25, 0.3) is 5.56 Å². The van der Waals surface area contributed by atoms with Crippen molar-refractivity contribution in [2.24, 2.45) is 0 Å². The number of carbonyl (C=O) groups excluding carboxylic acids is 3. The van der Waals surface area contributed by atoms with Crippen molar-refractivity contribution in [3.63, 3.8) is 0 Å². The number of rotatable bonds is 9. The molecule has 0 amide bonds. The number of aromatic nitrogens is 2. The molecule has 4 heterocycles. The monoisotopic (exact) mass is 654 g/mol. The lowest BCUT2D eigenvalue weighted by Crippen LogP contribution is -2.30. The Morgan fingerprint density at radius 3 is 2.72 bits per heavy atom. The minimum Gasteiger partial charge on any atom is -0.463 e. The first kappa shape index (κ1) is 30.6. The topological polar surface area (TPSA) is 132 Å². The summed E-state index contributed by atoms with van der Waals surface area (Å²) in [5.41, 5.74) is 4.34. The maximum Gasteiger partial charge on any atom is 0.516 e. The van der Waals surface area contributed by atoms with E-state index >= 15 is 0 Å². The number of para-hydroxylation sites is 1. The number of hydrogen-bond acceptors (Lipinski definition) is 10. The molecule has 12 heteroatoms. The molecule has 0 saturated heterocycles. The summed E-state index contributed by atoms with van der Waals surface area (Å²) in [6.45, 7) is 5.09. The first-order valence-electron chi connectivity index (χ1n) is 13.9. The van der Waals surface area contributed by atoms with Crippen LogP contribution in [0.5, 0.6) is 0 Å². The largest absolute Gasteiger partial charge is 0.516 e. The third-order valence-corrected chi connectivity index (χ3v) is 8.33. The summed E-state index contributed by atoms with van der Waals surface area (Å²) in [4.78, 5) is 53.1. The zero-order chi connectivity index (χ0) is 30.7. The summed E-state index contributed by atoms with van der Waals surface area (Å²) in [5.74, 6) is -1.13. The maximum absolute atomic E-state index is 13.6. The number of aryl methyl sites for hydroxylation is 1. The van der Waals surface area contributed by atoms with E-state index in [4.69, 9.17) is 28.7 Å². The van der Waals surface area contributed by atoms with Gasteiger partial charge < -0.3 is 28.3 Å². The Kier molecular flexibility index (Phi) is 9.38. The van der Waals surface area contributed by atoms with Crippen LogP contribution in [-0.2, 0) is 53.0 Å². The summed E-state index contributed by atoms with van der Waals surface area (Å²) in [5, 5.41) is 0.892. The average Bonchev–Trinajstić information content (AvgIpc) is 3.35. The molecule has 2 aliphatic rings. The van der Waals surface area contributed by atoms with Gasteiger partial charge in [-0.05, 0) is 49.1 Å². The van der Waals surface area contributed by atoms with Gasteiger partial charge in [-0.1, -0.05) is 47.1 Å². The molecule has 3 atom stereocenters. The summed E-state index contributed by atoms with van der Waals surface area (Å²) >= 11 is 3.13. The summed E-state index contributed by atoms with van der Waals surface area (Å²) in [7, 11) is 0. The predicted octanol–water partition coefficient (Wildman–Crippen LogP) is 4.84. The Morgan fingerprint density at radius 1 is 1.16 bits per heavy atom. The number of hydrogen-bond donors (Lipinski definition) is 0. The van der Waals surface area contributed by atoms with E-state index in [0.717, 1.165) is 22.0 Å². The lowest BCUT2D eigenvalue weighted by Gasteiger charge is -2.26. The fourth-order valence-electron chi connectivity index (χ4n) is 5.05. The van der Waals surface area contributed by atoms with E-state index in [9.17, 15) is 19.2 Å². The predicted molar refractivity (Wildman–Crippen MR) is 158 cm³/mol. The fraction of sp³-hybridized carbons (Fsp3) is 0.387. The van der Waals surface area contributed by atoms with E-state index in [1.165, 1.54) is 6.92 Å². The normalized spacial score (nSPS) is 17.7. The van der Waals surface area contributed by atoms with E-state index in [1.54, 1.807) is 18.4 Å². The van der Waals surface area contributed by atoms with Crippen molar-refractivity contribution in [1.29, 1.82) is 0 Å². The molecule has 0 N–H and O–H groups in total. The van der Waals surface area contributed by atoms with Gasteiger partial charge in [0, 0.05) is 17.9 Å². The summed E-state index contributed by atoms with van der Waals surface area (Å²) < 4.78 is 28.6. The number of esters is 2. The molecule has 1 aromatic carbocycles. The first-order chi connectivity index (χ1) is 20.7. The quantitative estimate of drug-likeness (QED) is 0.107. The van der Waals surface area contributed by atoms with Gasteiger partial charge in [-0.15, -0.1) is 0 Å². The van der Waals surface area contributed by atoms with Gasteiger partial charge >= 0.3 is 18.1 Å². The smallest absolute Gasteiger partial charge is 0.463 e. The number of alkyl halides is 1. The molecule has 0 spiro atoms. The minimum absolute atomic E-state index is 0.139. The van der Waals surface area contributed by atoms with Crippen LogP contribution in [0.15, 0.2) is 47.3 Å². The Bertz CT molecular complexity index is 1670. The third-order valence-electron chi connectivity index (χ3n) is 7.31. The van der Waals surface area contributed by atoms with Crippen LogP contribution in [0.3, 0.4) is 0 Å². The number of nitrogens with zero attached hydrogens (tertiary/aromatic N) is 2. The molecule has 0 saturated carbocycles. The van der Waals surface area contributed by atoms with Gasteiger partial charge in [-0.2, -0.15) is 0 Å². The molecule has 5 rings (SSSR count). The van der Waals surface area contributed by atoms with E-state index in [1.807, 2.05) is 42.5 Å². The molecule has 0 radical (unpaired) electrons. The summed E-state index contributed by atoms with van der Waals surface area (Å²) in [6, 6.07) is 9.52. The van der Waals surface area contributed by atoms with E-state index < -0.39 is 23.2 Å². The Morgan fingerprint density at radius 2 is 1.95 bits per heavy atom. The van der Waals surface area contributed by atoms with Gasteiger partial charge in [0.2, 0.25) is 0 Å². The Hall–Kier alpha value is -3.87. The van der Waals surface area contributed by atoms with Crippen molar-refractivity contribution in [2.75, 3.05) is 6.61 Å². The highest BCUT2D eigenvalue weighted by atomic mass is 79.9. The van der Waals surface area contributed by atoms with Crippen molar-refractivity contribution in [3.8, 4) is 11.4 Å². The Balaban J connectivity index is 1.38. The van der Waals surface area contributed by atoms with Gasteiger partial charge in [-0.25, -0.2) is 9.78 Å². The van der Waals surface area contributed by atoms with E-state index in [-0.39, 0.29) is 49.6 Å². The van der Waals surface area contributed by atoms with Crippen LogP contribution < -0.4 is 5.56 Å². The lowest BCUT2D eigenvalue weighted by molar-refractivity contribution is -0.173. The number of ether oxygens (including phenoxy) is 5. The van der Waals surface area contributed by atoms with Crippen LogP contribution in [0.2, 0.25) is 0 Å². The van der Waals surface area contributed by atoms with Crippen molar-refractivity contribution in [3.05, 3.63) is 75.1 Å². The molecule has 0 aliphatic carbocycles. The summed E-state index contributed by atoms with van der Waals surface area (Å²) in [6.07, 6.45) is 2.68. The van der Waals surface area contributed by atoms with Crippen LogP contribution in [0, 0.1) is 6.92 Å². The van der Waals surface area contributed by atoms with Crippen LogP contribution in [0.25, 0.3) is 22.3 Å². The number of pyridine rings is 2. The molecule has 11 nitrogen and oxygen atoms in total. The third kappa shape index (κ3) is 6.71. The molecule has 0 bridgehead atoms. The highest BCUT2D eigenvalue weighted by Gasteiger charge is 2.29. The molecule has 226 valence electrons. The maximum atomic E-state index is 13.6. The SMILES string of the molecule is CCC(Br)C(=O)OC(=O)OCc1c(C)cc2n(c1=O)Cc1c-2nc2ccccc2c1COC1C=CCC(COC(C)=O)O1. The molecule has 2 aliphatic heterocycles. The molecule has 3 unspecified atom stereocenters. The van der Waals surface area contributed by atoms with Crippen molar-refractivity contribution >= 4 is 44.9 Å². The molecule has 2 aromatic heterocycles. The van der Waals surface area contributed by atoms with E-state index in [0.29, 0.717) is 29.8 Å². The zero-order valence-electron chi connectivity index (χ0n) is 24.0. The molecular formula is C31H31BrN2O9. The molecule has 3 aromatic rings. The number of halogens is 1. The van der Waals surface area contributed by atoms with Gasteiger partial charge in [0.1, 0.15) is 18.0 Å². The first-order valence-corrected chi connectivity index (χ1v) is 14.8. The van der Waals surface area contributed by atoms with Crippen LogP contribution in [0.4, 0.5) is 4.79 Å².